The average Bonchev–Trinajstić information content (AvgIpc) is 3.41. The molecule has 5 heteroatoms. The molecule has 2 aromatic carbocycles. The monoisotopic (exact) mass is 352 g/mol. The first-order chi connectivity index (χ1) is 12.7. The summed E-state index contributed by atoms with van der Waals surface area (Å²) < 4.78 is 5.53. The van der Waals surface area contributed by atoms with E-state index in [1.807, 2.05) is 18.2 Å². The van der Waals surface area contributed by atoms with Crippen LogP contribution in [0.5, 0.6) is 5.75 Å². The van der Waals surface area contributed by atoms with E-state index in [2.05, 4.69) is 34.9 Å². The third kappa shape index (κ3) is 3.74. The zero-order valence-electron chi connectivity index (χ0n) is 14.7. The van der Waals surface area contributed by atoms with Crippen LogP contribution in [0.1, 0.15) is 30.1 Å². The molecule has 0 spiro atoms. The van der Waals surface area contributed by atoms with Crippen LogP contribution in [0.25, 0.3) is 0 Å². The number of nitrogens with one attached hydrogen (secondary N) is 2. The second-order valence-corrected chi connectivity index (χ2v) is 7.37. The Labute approximate surface area is 153 Å². The zero-order chi connectivity index (χ0) is 18.0. The van der Waals surface area contributed by atoms with Crippen molar-refractivity contribution >= 4 is 11.6 Å². The first-order valence-corrected chi connectivity index (χ1v) is 9.14. The van der Waals surface area contributed by atoms with Crippen LogP contribution in [0.4, 0.5) is 5.69 Å². The van der Waals surface area contributed by atoms with Gasteiger partial charge in [0.05, 0.1) is 11.8 Å². The Bertz CT molecular complexity index is 787. The molecule has 1 fully saturated rings. The van der Waals surface area contributed by atoms with Gasteiger partial charge in [0.15, 0.2) is 6.61 Å². The lowest BCUT2D eigenvalue weighted by Gasteiger charge is -2.24. The Morgan fingerprint density at radius 1 is 1.15 bits per heavy atom. The van der Waals surface area contributed by atoms with Gasteiger partial charge in [-0.1, -0.05) is 42.5 Å². The Morgan fingerprint density at radius 3 is 2.73 bits per heavy atom. The van der Waals surface area contributed by atoms with Gasteiger partial charge in [-0.25, -0.2) is 0 Å². The second kappa shape index (κ2) is 7.09. The van der Waals surface area contributed by atoms with Crippen LogP contribution < -0.4 is 15.4 Å². The number of rotatable bonds is 7. The van der Waals surface area contributed by atoms with Crippen LogP contribution >= 0.6 is 0 Å². The number of aliphatic hydroxyl groups excluding tert-OH is 1. The summed E-state index contributed by atoms with van der Waals surface area (Å²) in [4.78, 5) is 11.4. The Morgan fingerprint density at radius 2 is 1.96 bits per heavy atom. The molecule has 0 aromatic heterocycles. The number of carbonyl (C=O) groups is 1. The highest BCUT2D eigenvalue weighted by molar-refractivity contribution is 5.95. The fourth-order valence-corrected chi connectivity index (χ4v) is 3.61. The van der Waals surface area contributed by atoms with Gasteiger partial charge in [0.25, 0.3) is 5.91 Å². The van der Waals surface area contributed by atoms with E-state index in [0.29, 0.717) is 29.0 Å². The molecular formula is C21H24N2O3. The Kier molecular flexibility index (Phi) is 4.66. The molecule has 2 aliphatic rings. The maximum Gasteiger partial charge on any atom is 0.262 e. The number of hydrogen-bond acceptors (Lipinski definition) is 4. The van der Waals surface area contributed by atoms with Gasteiger partial charge in [-0.3, -0.25) is 4.79 Å². The van der Waals surface area contributed by atoms with Crippen LogP contribution in [0, 0.1) is 5.41 Å². The van der Waals surface area contributed by atoms with Gasteiger partial charge in [0, 0.05) is 18.7 Å². The largest absolute Gasteiger partial charge is 0.481 e. The molecule has 1 heterocycles. The molecule has 3 N–H and O–H groups in total. The summed E-state index contributed by atoms with van der Waals surface area (Å²) in [6, 6.07) is 16.0. The Balaban J connectivity index is 1.34. The number of anilines is 1. The maximum atomic E-state index is 11.4. The van der Waals surface area contributed by atoms with Crippen LogP contribution in [-0.4, -0.2) is 30.7 Å². The summed E-state index contributed by atoms with van der Waals surface area (Å²) in [7, 11) is 0. The summed E-state index contributed by atoms with van der Waals surface area (Å²) in [6.07, 6.45) is 2.85. The summed E-state index contributed by atoms with van der Waals surface area (Å²) >= 11 is 0. The molecule has 136 valence electrons. The smallest absolute Gasteiger partial charge is 0.262 e. The van der Waals surface area contributed by atoms with Gasteiger partial charge in [-0.15, -0.1) is 0 Å². The molecule has 0 bridgehead atoms. The number of fused-ring (bicyclic) bond motifs is 1. The van der Waals surface area contributed by atoms with Crippen molar-refractivity contribution in [3.8, 4) is 5.75 Å². The van der Waals surface area contributed by atoms with Crippen molar-refractivity contribution in [2.24, 2.45) is 5.41 Å². The fraction of sp³-hybridized carbons (Fsp3) is 0.381. The Hall–Kier alpha value is -2.37. The zero-order valence-corrected chi connectivity index (χ0v) is 14.7. The first-order valence-electron chi connectivity index (χ1n) is 9.14. The topological polar surface area (TPSA) is 70.6 Å². The molecular weight excluding hydrogens is 328 g/mol. The maximum absolute atomic E-state index is 11.4. The van der Waals surface area contributed by atoms with E-state index in [-0.39, 0.29) is 12.5 Å². The number of ether oxygens (including phenoxy) is 1. The number of hydrogen-bond donors (Lipinski definition) is 3. The standard InChI is InChI=1S/C21H24N2O3/c24-18(16-7-4-8-17-20(16)26-13-19(25)23-17)12-22-14-21(9-10-21)11-15-5-2-1-3-6-15/h1-8,18,22,24H,9-14H2,(H,23,25). The van der Waals surface area contributed by atoms with Gasteiger partial charge in [-0.05, 0) is 36.3 Å². The highest BCUT2D eigenvalue weighted by atomic mass is 16.5. The van der Waals surface area contributed by atoms with E-state index < -0.39 is 6.10 Å². The summed E-state index contributed by atoms with van der Waals surface area (Å²) in [5.41, 5.74) is 3.03. The molecule has 26 heavy (non-hydrogen) atoms. The molecule has 1 aliphatic carbocycles. The van der Waals surface area contributed by atoms with Crippen molar-refractivity contribution < 1.29 is 14.6 Å². The minimum atomic E-state index is -0.674. The van der Waals surface area contributed by atoms with E-state index in [1.165, 1.54) is 18.4 Å². The van der Waals surface area contributed by atoms with Crippen LogP contribution in [0.2, 0.25) is 0 Å². The quantitative estimate of drug-likeness (QED) is 0.716. The number of para-hydroxylation sites is 1. The molecule has 4 rings (SSSR count). The summed E-state index contributed by atoms with van der Waals surface area (Å²) in [5, 5.41) is 16.8. The molecule has 1 atom stereocenters. The van der Waals surface area contributed by atoms with E-state index in [9.17, 15) is 9.90 Å². The van der Waals surface area contributed by atoms with E-state index in [0.717, 1.165) is 13.0 Å². The van der Waals surface area contributed by atoms with E-state index in [4.69, 9.17) is 4.74 Å². The van der Waals surface area contributed by atoms with Crippen molar-refractivity contribution in [3.63, 3.8) is 0 Å². The molecule has 5 nitrogen and oxygen atoms in total. The molecule has 1 unspecified atom stereocenters. The minimum absolute atomic E-state index is 0.00957. The fourth-order valence-electron chi connectivity index (χ4n) is 3.61. The van der Waals surface area contributed by atoms with Crippen LogP contribution in [0.15, 0.2) is 48.5 Å². The van der Waals surface area contributed by atoms with Gasteiger partial charge in [0.1, 0.15) is 5.75 Å². The lowest BCUT2D eigenvalue weighted by atomic mass is 9.96. The normalized spacial score (nSPS) is 18.4. The summed E-state index contributed by atoms with van der Waals surface area (Å²) in [6.45, 7) is 1.35. The highest BCUT2D eigenvalue weighted by Gasteiger charge is 2.42. The van der Waals surface area contributed by atoms with Gasteiger partial charge in [-0.2, -0.15) is 0 Å². The number of amides is 1. The highest BCUT2D eigenvalue weighted by Crippen LogP contribution is 2.47. The summed E-state index contributed by atoms with van der Waals surface area (Å²) in [5.74, 6) is 0.408. The third-order valence-corrected chi connectivity index (χ3v) is 5.24. The molecule has 1 saturated carbocycles. The third-order valence-electron chi connectivity index (χ3n) is 5.24. The molecule has 1 amide bonds. The predicted octanol–water partition coefficient (Wildman–Crippen LogP) is 2.66. The second-order valence-electron chi connectivity index (χ2n) is 7.37. The molecule has 1 aliphatic heterocycles. The van der Waals surface area contributed by atoms with Gasteiger partial charge >= 0.3 is 0 Å². The van der Waals surface area contributed by atoms with Crippen LogP contribution in [-0.2, 0) is 11.2 Å². The predicted molar refractivity (Wildman–Crippen MR) is 100 cm³/mol. The van der Waals surface area contributed by atoms with Gasteiger partial charge < -0.3 is 20.5 Å². The number of carbonyl (C=O) groups excluding carboxylic acids is 1. The van der Waals surface area contributed by atoms with Crippen molar-refractivity contribution in [1.82, 2.24) is 5.32 Å². The molecule has 2 aromatic rings. The number of aliphatic hydroxyl groups is 1. The lowest BCUT2D eigenvalue weighted by Crippen LogP contribution is -2.30. The molecule has 0 saturated heterocycles. The van der Waals surface area contributed by atoms with E-state index in [1.54, 1.807) is 6.07 Å². The van der Waals surface area contributed by atoms with Crippen molar-refractivity contribution in [1.29, 1.82) is 0 Å². The SMILES string of the molecule is O=C1COc2c(cccc2C(O)CNCC2(Cc3ccccc3)CC2)N1. The van der Waals surface area contributed by atoms with Gasteiger partial charge in [0.2, 0.25) is 0 Å². The van der Waals surface area contributed by atoms with Crippen molar-refractivity contribution in [2.45, 2.75) is 25.4 Å². The molecule has 0 radical (unpaired) electrons. The average molecular weight is 352 g/mol. The first kappa shape index (κ1) is 17.1. The minimum Gasteiger partial charge on any atom is -0.481 e. The number of benzene rings is 2. The van der Waals surface area contributed by atoms with Crippen molar-refractivity contribution in [2.75, 3.05) is 25.0 Å². The lowest BCUT2D eigenvalue weighted by molar-refractivity contribution is -0.118. The van der Waals surface area contributed by atoms with Crippen LogP contribution in [0.3, 0.4) is 0 Å². The van der Waals surface area contributed by atoms with E-state index >= 15 is 0 Å². The van der Waals surface area contributed by atoms with Crippen molar-refractivity contribution in [3.05, 3.63) is 59.7 Å².